The Balaban J connectivity index is 1.69. The van der Waals surface area contributed by atoms with Gasteiger partial charge in [0.1, 0.15) is 5.03 Å². The van der Waals surface area contributed by atoms with Crippen LogP contribution in [-0.4, -0.2) is 15.1 Å². The fraction of sp³-hybridized carbons (Fsp3) is 0.111. The number of hydrogen-bond acceptors (Lipinski definition) is 5. The van der Waals surface area contributed by atoms with Gasteiger partial charge in [0, 0.05) is 23.4 Å². The predicted octanol–water partition coefficient (Wildman–Crippen LogP) is 4.65. The predicted molar refractivity (Wildman–Crippen MR) is 94.9 cm³/mol. The number of nitrogens with zero attached hydrogens (tertiary/aromatic N) is 3. The third kappa shape index (κ3) is 3.78. The van der Waals surface area contributed by atoms with E-state index in [1.54, 1.807) is 23.9 Å². The van der Waals surface area contributed by atoms with Gasteiger partial charge < -0.3 is 0 Å². The Hall–Kier alpha value is -2.73. The van der Waals surface area contributed by atoms with Crippen molar-refractivity contribution >= 4 is 17.4 Å². The molecule has 1 aromatic heterocycles. The first-order chi connectivity index (χ1) is 11.6. The van der Waals surface area contributed by atoms with Gasteiger partial charge in [-0.05, 0) is 42.3 Å². The van der Waals surface area contributed by atoms with E-state index in [1.807, 2.05) is 24.3 Å². The molecule has 0 aliphatic carbocycles. The van der Waals surface area contributed by atoms with Crippen LogP contribution in [0.2, 0.25) is 0 Å². The second kappa shape index (κ2) is 7.23. The zero-order chi connectivity index (χ0) is 16.9. The molecule has 3 rings (SSSR count). The van der Waals surface area contributed by atoms with Crippen LogP contribution in [0.5, 0.6) is 0 Å². The van der Waals surface area contributed by atoms with E-state index in [4.69, 9.17) is 0 Å². The smallest absolute Gasteiger partial charge is 0.258 e. The first kappa shape index (κ1) is 16.1. The number of non-ortho nitro benzene ring substituents is 1. The monoisotopic (exact) mass is 337 g/mol. The highest BCUT2D eigenvalue weighted by atomic mass is 32.2. The molecule has 0 saturated carbocycles. The van der Waals surface area contributed by atoms with Gasteiger partial charge in [-0.3, -0.25) is 10.1 Å². The average molecular weight is 337 g/mol. The minimum atomic E-state index is -0.416. The van der Waals surface area contributed by atoms with E-state index in [0.29, 0.717) is 5.69 Å². The summed E-state index contributed by atoms with van der Waals surface area (Å²) in [6.07, 6.45) is 0. The first-order valence-electron chi connectivity index (χ1n) is 7.39. The molecule has 0 unspecified atom stereocenters. The Kier molecular flexibility index (Phi) is 4.86. The molecule has 120 valence electrons. The van der Waals surface area contributed by atoms with Crippen LogP contribution < -0.4 is 0 Å². The molecule has 0 spiro atoms. The lowest BCUT2D eigenvalue weighted by atomic mass is 10.1. The van der Waals surface area contributed by atoms with Crippen LogP contribution in [0.25, 0.3) is 11.3 Å². The lowest BCUT2D eigenvalue weighted by Gasteiger charge is -2.05. The van der Waals surface area contributed by atoms with Crippen LogP contribution in [0.3, 0.4) is 0 Å². The van der Waals surface area contributed by atoms with E-state index in [0.717, 1.165) is 16.3 Å². The standard InChI is InChI=1S/C18H15N3O2S/c1-13-4-2-3-5-15(13)12-24-18-11-10-17(19-20-18)14-6-8-16(9-7-14)21(22)23/h2-11H,12H2,1H3. The van der Waals surface area contributed by atoms with E-state index in [1.165, 1.54) is 23.3 Å². The van der Waals surface area contributed by atoms with Crippen molar-refractivity contribution < 1.29 is 4.92 Å². The molecular weight excluding hydrogens is 322 g/mol. The zero-order valence-electron chi connectivity index (χ0n) is 13.0. The normalized spacial score (nSPS) is 10.5. The average Bonchev–Trinajstić information content (AvgIpc) is 2.62. The lowest BCUT2D eigenvalue weighted by molar-refractivity contribution is -0.384. The third-order valence-electron chi connectivity index (χ3n) is 3.65. The minimum Gasteiger partial charge on any atom is -0.258 e. The quantitative estimate of drug-likeness (QED) is 0.385. The van der Waals surface area contributed by atoms with Gasteiger partial charge in [-0.1, -0.05) is 36.0 Å². The van der Waals surface area contributed by atoms with Crippen LogP contribution >= 0.6 is 11.8 Å². The molecule has 2 aromatic carbocycles. The Morgan fingerprint density at radius 3 is 2.38 bits per heavy atom. The molecule has 0 atom stereocenters. The number of nitro benzene ring substituents is 1. The number of aromatic nitrogens is 2. The SMILES string of the molecule is Cc1ccccc1CSc1ccc(-c2ccc([N+](=O)[O-])cc2)nn1. The van der Waals surface area contributed by atoms with Crippen molar-refractivity contribution in [1.29, 1.82) is 0 Å². The summed E-state index contributed by atoms with van der Waals surface area (Å²) in [4.78, 5) is 10.3. The van der Waals surface area contributed by atoms with E-state index in [-0.39, 0.29) is 5.69 Å². The van der Waals surface area contributed by atoms with Crippen molar-refractivity contribution in [1.82, 2.24) is 10.2 Å². The van der Waals surface area contributed by atoms with Crippen molar-refractivity contribution in [3.05, 3.63) is 81.9 Å². The Labute approximate surface area is 143 Å². The van der Waals surface area contributed by atoms with Crippen molar-refractivity contribution in [2.75, 3.05) is 0 Å². The molecule has 0 N–H and O–H groups in total. The minimum absolute atomic E-state index is 0.0668. The topological polar surface area (TPSA) is 68.9 Å². The van der Waals surface area contributed by atoms with Crippen LogP contribution in [-0.2, 0) is 5.75 Å². The molecule has 0 aliphatic heterocycles. The number of aryl methyl sites for hydroxylation is 1. The van der Waals surface area contributed by atoms with Crippen LogP contribution in [0.1, 0.15) is 11.1 Å². The van der Waals surface area contributed by atoms with Crippen molar-refractivity contribution in [2.24, 2.45) is 0 Å². The molecule has 0 saturated heterocycles. The molecule has 0 radical (unpaired) electrons. The van der Waals surface area contributed by atoms with Gasteiger partial charge in [0.25, 0.3) is 5.69 Å². The zero-order valence-corrected chi connectivity index (χ0v) is 13.9. The molecule has 0 amide bonds. The lowest BCUT2D eigenvalue weighted by Crippen LogP contribution is -1.92. The van der Waals surface area contributed by atoms with Gasteiger partial charge >= 0.3 is 0 Å². The molecule has 24 heavy (non-hydrogen) atoms. The van der Waals surface area contributed by atoms with Gasteiger partial charge in [-0.2, -0.15) is 0 Å². The van der Waals surface area contributed by atoms with Gasteiger partial charge in [-0.25, -0.2) is 0 Å². The third-order valence-corrected chi connectivity index (χ3v) is 4.62. The maximum absolute atomic E-state index is 10.7. The Bertz CT molecular complexity index is 849. The van der Waals surface area contributed by atoms with E-state index in [2.05, 4.69) is 29.3 Å². The highest BCUT2D eigenvalue weighted by Crippen LogP contribution is 2.25. The van der Waals surface area contributed by atoms with E-state index >= 15 is 0 Å². The van der Waals surface area contributed by atoms with Crippen LogP contribution in [0.15, 0.2) is 65.7 Å². The second-order valence-electron chi connectivity index (χ2n) is 5.28. The van der Waals surface area contributed by atoms with Gasteiger partial charge in [0.2, 0.25) is 0 Å². The van der Waals surface area contributed by atoms with Gasteiger partial charge in [-0.15, -0.1) is 10.2 Å². The number of hydrogen-bond donors (Lipinski definition) is 0. The largest absolute Gasteiger partial charge is 0.269 e. The van der Waals surface area contributed by atoms with Crippen molar-refractivity contribution in [2.45, 2.75) is 17.7 Å². The van der Waals surface area contributed by atoms with Gasteiger partial charge in [0.15, 0.2) is 0 Å². The molecule has 6 heteroatoms. The molecular formula is C18H15N3O2S. The summed E-state index contributed by atoms with van der Waals surface area (Å²) in [5.74, 6) is 0.845. The van der Waals surface area contributed by atoms with Crippen molar-refractivity contribution in [3.63, 3.8) is 0 Å². The Morgan fingerprint density at radius 1 is 1.00 bits per heavy atom. The first-order valence-corrected chi connectivity index (χ1v) is 8.38. The van der Waals surface area contributed by atoms with E-state index < -0.39 is 4.92 Å². The Morgan fingerprint density at radius 2 is 1.75 bits per heavy atom. The molecule has 5 nitrogen and oxygen atoms in total. The summed E-state index contributed by atoms with van der Waals surface area (Å²) in [6, 6.07) is 18.4. The number of thioether (sulfide) groups is 1. The van der Waals surface area contributed by atoms with Crippen LogP contribution in [0, 0.1) is 17.0 Å². The summed E-state index contributed by atoms with van der Waals surface area (Å²) < 4.78 is 0. The summed E-state index contributed by atoms with van der Waals surface area (Å²) in [6.45, 7) is 2.10. The number of rotatable bonds is 5. The molecule has 3 aromatic rings. The fourth-order valence-electron chi connectivity index (χ4n) is 2.23. The summed E-state index contributed by atoms with van der Waals surface area (Å²) in [5, 5.41) is 20.0. The molecule has 0 bridgehead atoms. The summed E-state index contributed by atoms with van der Waals surface area (Å²) in [5.41, 5.74) is 4.12. The molecule has 0 aliphatic rings. The van der Waals surface area contributed by atoms with E-state index in [9.17, 15) is 10.1 Å². The van der Waals surface area contributed by atoms with Gasteiger partial charge in [0.05, 0.1) is 10.6 Å². The molecule has 0 fully saturated rings. The van der Waals surface area contributed by atoms with Crippen LogP contribution in [0.4, 0.5) is 5.69 Å². The fourth-order valence-corrected chi connectivity index (χ4v) is 3.12. The maximum atomic E-state index is 10.7. The second-order valence-corrected chi connectivity index (χ2v) is 6.27. The number of nitro groups is 1. The maximum Gasteiger partial charge on any atom is 0.269 e. The summed E-state index contributed by atoms with van der Waals surface area (Å²) in [7, 11) is 0. The van der Waals surface area contributed by atoms with Crippen molar-refractivity contribution in [3.8, 4) is 11.3 Å². The highest BCUT2D eigenvalue weighted by Gasteiger charge is 2.07. The number of benzene rings is 2. The summed E-state index contributed by atoms with van der Waals surface area (Å²) >= 11 is 1.64. The molecule has 1 heterocycles. The highest BCUT2D eigenvalue weighted by molar-refractivity contribution is 7.98.